The quantitative estimate of drug-likeness (QED) is 0.187. The van der Waals surface area contributed by atoms with Crippen molar-refractivity contribution in [1.29, 1.82) is 0 Å². The van der Waals surface area contributed by atoms with Crippen LogP contribution in [0, 0.1) is 10.8 Å². The van der Waals surface area contributed by atoms with E-state index < -0.39 is 0 Å². The second-order valence-electron chi connectivity index (χ2n) is 15.2. The Balaban J connectivity index is 1.45. The van der Waals surface area contributed by atoms with Crippen LogP contribution >= 0.6 is 0 Å². The SMILES string of the molecule is CCCCc1nc2c(N)nc3ccc(N4CCN(CC(C)(C)COCC(C)(C)CC(=O)CN)CC4)cc3c2n1CCCCN(C)C. The van der Waals surface area contributed by atoms with Crippen LogP contribution in [0.25, 0.3) is 21.9 Å². The summed E-state index contributed by atoms with van der Waals surface area (Å²) >= 11 is 0. The Morgan fingerprint density at radius 2 is 1.72 bits per heavy atom. The molecule has 0 aliphatic carbocycles. The fraction of sp³-hybridized carbons (Fsp3) is 0.694. The van der Waals surface area contributed by atoms with E-state index in [1.807, 2.05) is 0 Å². The molecule has 0 atom stereocenters. The van der Waals surface area contributed by atoms with Gasteiger partial charge >= 0.3 is 0 Å². The topological polar surface area (TPSA) is 119 Å². The molecule has 0 saturated carbocycles. The third kappa shape index (κ3) is 9.62. The van der Waals surface area contributed by atoms with Gasteiger partial charge in [-0.25, -0.2) is 9.97 Å². The lowest BCUT2D eigenvalue weighted by Gasteiger charge is -2.40. The lowest BCUT2D eigenvalue weighted by atomic mass is 9.88. The van der Waals surface area contributed by atoms with Gasteiger partial charge in [0.25, 0.3) is 0 Å². The summed E-state index contributed by atoms with van der Waals surface area (Å²) in [6.45, 7) is 19.1. The van der Waals surface area contributed by atoms with Crippen molar-refractivity contribution in [2.75, 3.05) is 83.8 Å². The highest BCUT2D eigenvalue weighted by atomic mass is 16.5. The minimum absolute atomic E-state index is 0.0106. The summed E-state index contributed by atoms with van der Waals surface area (Å²) in [4.78, 5) is 29.0. The first kappa shape index (κ1) is 36.1. The van der Waals surface area contributed by atoms with Crippen molar-refractivity contribution in [3.05, 3.63) is 24.0 Å². The van der Waals surface area contributed by atoms with Crippen LogP contribution in [0.15, 0.2) is 18.2 Å². The zero-order chi connectivity index (χ0) is 33.5. The molecule has 1 aliphatic heterocycles. The van der Waals surface area contributed by atoms with Crippen molar-refractivity contribution in [2.24, 2.45) is 16.6 Å². The number of rotatable bonds is 18. The van der Waals surface area contributed by atoms with Crippen molar-refractivity contribution in [2.45, 2.75) is 79.7 Å². The second-order valence-corrected chi connectivity index (χ2v) is 15.2. The summed E-state index contributed by atoms with van der Waals surface area (Å²) in [6, 6.07) is 6.64. The Bertz CT molecular complexity index is 1440. The first-order chi connectivity index (χ1) is 21.8. The minimum Gasteiger partial charge on any atom is -0.382 e. The van der Waals surface area contributed by atoms with E-state index in [4.69, 9.17) is 26.2 Å². The van der Waals surface area contributed by atoms with Crippen molar-refractivity contribution < 1.29 is 9.53 Å². The van der Waals surface area contributed by atoms with Gasteiger partial charge in [0.2, 0.25) is 0 Å². The highest BCUT2D eigenvalue weighted by molar-refractivity contribution is 6.07. The fourth-order valence-electron chi connectivity index (χ4n) is 6.68. The molecule has 256 valence electrons. The summed E-state index contributed by atoms with van der Waals surface area (Å²) in [7, 11) is 4.27. The Kier molecular flexibility index (Phi) is 12.4. The number of aromatic nitrogens is 3. The number of ether oxygens (including phenoxy) is 1. The third-order valence-electron chi connectivity index (χ3n) is 9.03. The predicted molar refractivity (Wildman–Crippen MR) is 192 cm³/mol. The molecule has 0 unspecified atom stereocenters. The number of benzene rings is 1. The molecule has 3 heterocycles. The number of nitrogens with zero attached hydrogens (tertiary/aromatic N) is 6. The van der Waals surface area contributed by atoms with Gasteiger partial charge in [-0.15, -0.1) is 0 Å². The van der Waals surface area contributed by atoms with E-state index in [0.29, 0.717) is 25.5 Å². The molecule has 0 amide bonds. The third-order valence-corrected chi connectivity index (χ3v) is 9.03. The van der Waals surface area contributed by atoms with Crippen LogP contribution in [-0.4, -0.2) is 103 Å². The van der Waals surface area contributed by atoms with Crippen LogP contribution in [0.4, 0.5) is 11.5 Å². The number of carbonyl (C=O) groups is 1. The fourth-order valence-corrected chi connectivity index (χ4v) is 6.68. The number of nitrogen functional groups attached to an aromatic ring is 1. The van der Waals surface area contributed by atoms with E-state index in [1.165, 1.54) is 5.69 Å². The van der Waals surface area contributed by atoms with Gasteiger partial charge in [-0.3, -0.25) is 9.69 Å². The highest BCUT2D eigenvalue weighted by Crippen LogP contribution is 2.33. The van der Waals surface area contributed by atoms with E-state index in [9.17, 15) is 4.79 Å². The number of fused-ring (bicyclic) bond motifs is 3. The number of pyridine rings is 1. The number of imidazole rings is 1. The average molecular weight is 637 g/mol. The van der Waals surface area contributed by atoms with E-state index in [-0.39, 0.29) is 23.2 Å². The van der Waals surface area contributed by atoms with Gasteiger partial charge in [-0.05, 0) is 63.5 Å². The van der Waals surface area contributed by atoms with Crippen LogP contribution in [0.2, 0.25) is 0 Å². The molecule has 4 rings (SSSR count). The number of Topliss-reactive ketones (excluding diaryl/α,β-unsaturated/α-hetero) is 1. The van der Waals surface area contributed by atoms with E-state index in [2.05, 4.69) is 86.2 Å². The van der Waals surface area contributed by atoms with Crippen molar-refractivity contribution in [3.8, 4) is 0 Å². The number of carbonyl (C=O) groups excluding carboxylic acids is 1. The Labute approximate surface area is 276 Å². The zero-order valence-corrected chi connectivity index (χ0v) is 29.7. The molecular weight excluding hydrogens is 576 g/mol. The second kappa shape index (κ2) is 15.9. The van der Waals surface area contributed by atoms with Gasteiger partial charge in [0, 0.05) is 68.6 Å². The molecule has 1 aromatic carbocycles. The molecule has 46 heavy (non-hydrogen) atoms. The normalized spacial score (nSPS) is 15.1. The number of unbranched alkanes of at least 4 members (excludes halogenated alkanes) is 2. The lowest BCUT2D eigenvalue weighted by molar-refractivity contribution is -0.120. The molecule has 1 fully saturated rings. The number of nitrogens with two attached hydrogens (primary N) is 2. The Hall–Kier alpha value is -2.79. The minimum atomic E-state index is -0.203. The summed E-state index contributed by atoms with van der Waals surface area (Å²) in [5.41, 5.74) is 16.0. The molecule has 0 spiro atoms. The summed E-state index contributed by atoms with van der Waals surface area (Å²) in [5.74, 6) is 1.73. The molecule has 1 aliphatic rings. The predicted octanol–water partition coefficient (Wildman–Crippen LogP) is 4.96. The molecule has 3 aromatic rings. The standard InChI is InChI=1S/C36H60N8O2/c1-8-9-12-31-40-32-33(44(31)16-11-10-15-41(6)7)29-21-27(13-14-30(29)39-34(32)38)43-19-17-42(18-20-43)24-36(4,5)26-46-25-35(2,3)22-28(45)23-37/h13-14,21H,8-12,15-20,22-26,37H2,1-7H3,(H2,38,39). The first-order valence-corrected chi connectivity index (χ1v) is 17.3. The maximum Gasteiger partial charge on any atom is 0.152 e. The molecule has 4 N–H and O–H groups in total. The largest absolute Gasteiger partial charge is 0.382 e. The van der Waals surface area contributed by atoms with Crippen LogP contribution in [0.5, 0.6) is 0 Å². The maximum atomic E-state index is 11.8. The van der Waals surface area contributed by atoms with E-state index in [1.54, 1.807) is 0 Å². The van der Waals surface area contributed by atoms with Crippen LogP contribution < -0.4 is 16.4 Å². The number of hydrogen-bond donors (Lipinski definition) is 2. The van der Waals surface area contributed by atoms with Gasteiger partial charge in [0.05, 0.1) is 30.8 Å². The lowest BCUT2D eigenvalue weighted by Crippen LogP contribution is -2.49. The first-order valence-electron chi connectivity index (χ1n) is 17.3. The Morgan fingerprint density at radius 3 is 2.39 bits per heavy atom. The van der Waals surface area contributed by atoms with Crippen molar-refractivity contribution in [3.63, 3.8) is 0 Å². The summed E-state index contributed by atoms with van der Waals surface area (Å²) in [6.07, 6.45) is 5.89. The number of ketones is 1. The van der Waals surface area contributed by atoms with Crippen LogP contribution in [0.1, 0.15) is 72.5 Å². The van der Waals surface area contributed by atoms with Gasteiger partial charge in [0.15, 0.2) is 5.82 Å². The number of aryl methyl sites for hydroxylation is 2. The number of piperazine rings is 1. The van der Waals surface area contributed by atoms with Gasteiger partial charge in [-0.2, -0.15) is 0 Å². The Morgan fingerprint density at radius 1 is 1.00 bits per heavy atom. The summed E-state index contributed by atoms with van der Waals surface area (Å²) < 4.78 is 8.58. The van der Waals surface area contributed by atoms with Crippen molar-refractivity contribution in [1.82, 2.24) is 24.3 Å². The summed E-state index contributed by atoms with van der Waals surface area (Å²) in [5, 5.41) is 1.14. The molecule has 10 nitrogen and oxygen atoms in total. The van der Waals surface area contributed by atoms with E-state index in [0.717, 1.165) is 106 Å². The van der Waals surface area contributed by atoms with Crippen molar-refractivity contribution >= 4 is 39.2 Å². The zero-order valence-electron chi connectivity index (χ0n) is 29.7. The van der Waals surface area contributed by atoms with Gasteiger partial charge in [-0.1, -0.05) is 41.0 Å². The molecule has 10 heteroatoms. The van der Waals surface area contributed by atoms with E-state index >= 15 is 0 Å². The highest BCUT2D eigenvalue weighted by Gasteiger charge is 2.28. The average Bonchev–Trinajstić information content (AvgIpc) is 3.36. The molecule has 0 radical (unpaired) electrons. The molecular formula is C36H60N8O2. The number of hydrogen-bond acceptors (Lipinski definition) is 9. The van der Waals surface area contributed by atoms with Gasteiger partial charge < -0.3 is 30.6 Å². The smallest absolute Gasteiger partial charge is 0.152 e. The molecule has 2 aromatic heterocycles. The van der Waals surface area contributed by atoms with Crippen LogP contribution in [0.3, 0.4) is 0 Å². The molecule has 0 bridgehead atoms. The monoisotopic (exact) mass is 636 g/mol. The molecule has 1 saturated heterocycles. The number of anilines is 2. The maximum absolute atomic E-state index is 11.8. The van der Waals surface area contributed by atoms with Gasteiger partial charge in [0.1, 0.15) is 17.1 Å². The van der Waals surface area contributed by atoms with Crippen LogP contribution in [-0.2, 0) is 22.5 Å².